The lowest BCUT2D eigenvalue weighted by atomic mass is 9.91. The number of methoxy groups -OCH3 is 1. The molecule has 1 heterocycles. The molecule has 0 saturated heterocycles. The van der Waals surface area contributed by atoms with Gasteiger partial charge in [-0.05, 0) is 31.5 Å². The van der Waals surface area contributed by atoms with Gasteiger partial charge in [-0.1, -0.05) is 12.1 Å². The minimum absolute atomic E-state index is 0.0114. The Kier molecular flexibility index (Phi) is 4.08. The number of rotatable bonds is 5. The van der Waals surface area contributed by atoms with Crippen molar-refractivity contribution >= 4 is 5.97 Å². The second-order valence-corrected chi connectivity index (χ2v) is 4.76. The molecule has 2 N–H and O–H groups in total. The van der Waals surface area contributed by atoms with E-state index in [1.165, 1.54) is 0 Å². The minimum Gasteiger partial charge on any atom is -0.497 e. The van der Waals surface area contributed by atoms with Gasteiger partial charge >= 0.3 is 5.97 Å². The van der Waals surface area contributed by atoms with Gasteiger partial charge in [-0.3, -0.25) is 4.79 Å². The first-order valence-electron chi connectivity index (χ1n) is 6.40. The standard InChI is InChI=1S/C15H18N2O3/c1-9-15(17-10(2)16-9)13(8-14(18)19)11-4-6-12(20-3)7-5-11/h4-7,13H,8H2,1-3H3,(H,16,17)(H,18,19)/t13-/m0/s1. The van der Waals surface area contributed by atoms with Gasteiger partial charge in [0.15, 0.2) is 0 Å². The average Bonchev–Trinajstić information content (AvgIpc) is 2.75. The first-order chi connectivity index (χ1) is 9.51. The number of nitrogens with zero attached hydrogens (tertiary/aromatic N) is 1. The molecule has 1 atom stereocenters. The molecule has 0 fully saturated rings. The zero-order chi connectivity index (χ0) is 14.7. The van der Waals surface area contributed by atoms with Crippen molar-refractivity contribution in [3.05, 3.63) is 47.0 Å². The van der Waals surface area contributed by atoms with Crippen LogP contribution < -0.4 is 4.74 Å². The van der Waals surface area contributed by atoms with Crippen LogP contribution in [0.5, 0.6) is 5.75 Å². The molecule has 5 heteroatoms. The number of imidazole rings is 1. The van der Waals surface area contributed by atoms with Gasteiger partial charge in [-0.25, -0.2) is 4.98 Å². The minimum atomic E-state index is -0.842. The summed E-state index contributed by atoms with van der Waals surface area (Å²) in [7, 11) is 1.60. The highest BCUT2D eigenvalue weighted by Gasteiger charge is 2.22. The van der Waals surface area contributed by atoms with Crippen LogP contribution in [0.4, 0.5) is 0 Å². The molecular weight excluding hydrogens is 256 g/mol. The number of nitrogens with one attached hydrogen (secondary N) is 1. The number of aliphatic carboxylic acids is 1. The molecule has 0 radical (unpaired) electrons. The largest absolute Gasteiger partial charge is 0.497 e. The molecule has 0 aliphatic rings. The van der Waals surface area contributed by atoms with Crippen LogP contribution in [0.1, 0.15) is 35.1 Å². The summed E-state index contributed by atoms with van der Waals surface area (Å²) in [5, 5.41) is 9.14. The van der Waals surface area contributed by atoms with Crippen LogP contribution in [0.15, 0.2) is 24.3 Å². The van der Waals surface area contributed by atoms with Crippen molar-refractivity contribution in [3.8, 4) is 5.75 Å². The number of ether oxygens (including phenoxy) is 1. The van der Waals surface area contributed by atoms with E-state index in [2.05, 4.69) is 9.97 Å². The van der Waals surface area contributed by atoms with E-state index in [-0.39, 0.29) is 12.3 Å². The fourth-order valence-corrected chi connectivity index (χ4v) is 2.35. The third-order valence-electron chi connectivity index (χ3n) is 3.27. The molecule has 2 rings (SSSR count). The van der Waals surface area contributed by atoms with E-state index >= 15 is 0 Å². The van der Waals surface area contributed by atoms with Crippen molar-refractivity contribution in [2.45, 2.75) is 26.2 Å². The Morgan fingerprint density at radius 1 is 1.35 bits per heavy atom. The second-order valence-electron chi connectivity index (χ2n) is 4.76. The summed E-state index contributed by atoms with van der Waals surface area (Å²) >= 11 is 0. The fraction of sp³-hybridized carbons (Fsp3) is 0.333. The van der Waals surface area contributed by atoms with Gasteiger partial charge in [0.05, 0.1) is 19.2 Å². The Balaban J connectivity index is 2.40. The van der Waals surface area contributed by atoms with Gasteiger partial charge in [0.2, 0.25) is 0 Å². The van der Waals surface area contributed by atoms with Crippen LogP contribution in [0.2, 0.25) is 0 Å². The Morgan fingerprint density at radius 2 is 2.00 bits per heavy atom. The van der Waals surface area contributed by atoms with Gasteiger partial charge in [-0.2, -0.15) is 0 Å². The van der Waals surface area contributed by atoms with Gasteiger partial charge in [-0.15, -0.1) is 0 Å². The predicted octanol–water partition coefficient (Wildman–Crippen LogP) is 2.64. The summed E-state index contributed by atoms with van der Waals surface area (Å²) < 4.78 is 5.13. The maximum Gasteiger partial charge on any atom is 0.304 e. The highest BCUT2D eigenvalue weighted by molar-refractivity contribution is 5.69. The zero-order valence-electron chi connectivity index (χ0n) is 11.8. The molecule has 1 aromatic heterocycles. The quantitative estimate of drug-likeness (QED) is 0.879. The third kappa shape index (κ3) is 2.99. The maximum absolute atomic E-state index is 11.1. The number of aryl methyl sites for hydroxylation is 2. The van der Waals surface area contributed by atoms with Gasteiger partial charge < -0.3 is 14.8 Å². The number of carbonyl (C=O) groups is 1. The predicted molar refractivity (Wildman–Crippen MR) is 75.2 cm³/mol. The molecule has 106 valence electrons. The van der Waals surface area contributed by atoms with E-state index in [1.54, 1.807) is 7.11 Å². The number of hydrogen-bond donors (Lipinski definition) is 2. The van der Waals surface area contributed by atoms with Crippen molar-refractivity contribution in [2.24, 2.45) is 0 Å². The number of aromatic amines is 1. The number of aromatic nitrogens is 2. The van der Waals surface area contributed by atoms with E-state index < -0.39 is 5.97 Å². The van der Waals surface area contributed by atoms with Gasteiger partial charge in [0, 0.05) is 11.6 Å². The molecule has 0 saturated carbocycles. The lowest BCUT2D eigenvalue weighted by Crippen LogP contribution is -2.09. The Hall–Kier alpha value is -2.30. The van der Waals surface area contributed by atoms with Gasteiger partial charge in [0.25, 0.3) is 0 Å². The normalized spacial score (nSPS) is 12.2. The number of carboxylic acids is 1. The van der Waals surface area contributed by atoms with E-state index in [4.69, 9.17) is 9.84 Å². The van der Waals surface area contributed by atoms with Crippen LogP contribution >= 0.6 is 0 Å². The van der Waals surface area contributed by atoms with E-state index in [9.17, 15) is 4.79 Å². The molecule has 0 amide bonds. The van der Waals surface area contributed by atoms with Crippen LogP contribution in [0, 0.1) is 13.8 Å². The van der Waals surface area contributed by atoms with E-state index in [1.807, 2.05) is 38.1 Å². The lowest BCUT2D eigenvalue weighted by molar-refractivity contribution is -0.137. The average molecular weight is 274 g/mol. The molecule has 0 unspecified atom stereocenters. The topological polar surface area (TPSA) is 75.2 Å². The summed E-state index contributed by atoms with van der Waals surface area (Å²) in [6.45, 7) is 3.77. The third-order valence-corrected chi connectivity index (χ3v) is 3.27. The molecule has 0 aliphatic heterocycles. The Labute approximate surface area is 117 Å². The Bertz CT molecular complexity index is 602. The number of hydrogen-bond acceptors (Lipinski definition) is 3. The second kappa shape index (κ2) is 5.77. The molecule has 20 heavy (non-hydrogen) atoms. The van der Waals surface area contributed by atoms with Crippen LogP contribution in [-0.4, -0.2) is 28.2 Å². The molecule has 0 aliphatic carbocycles. The van der Waals surface area contributed by atoms with Crippen molar-refractivity contribution in [2.75, 3.05) is 7.11 Å². The summed E-state index contributed by atoms with van der Waals surface area (Å²) in [5.41, 5.74) is 2.61. The highest BCUT2D eigenvalue weighted by Crippen LogP contribution is 2.30. The summed E-state index contributed by atoms with van der Waals surface area (Å²) in [5.74, 6) is 0.438. The molecular formula is C15H18N2O3. The van der Waals surface area contributed by atoms with E-state index in [0.717, 1.165) is 28.5 Å². The molecule has 5 nitrogen and oxygen atoms in total. The first-order valence-corrected chi connectivity index (χ1v) is 6.40. The van der Waals surface area contributed by atoms with Crippen molar-refractivity contribution in [1.82, 2.24) is 9.97 Å². The van der Waals surface area contributed by atoms with Crippen molar-refractivity contribution in [3.63, 3.8) is 0 Å². The number of H-pyrrole nitrogens is 1. The molecule has 0 spiro atoms. The SMILES string of the molecule is COc1ccc([C@H](CC(=O)O)c2nc(C)[nH]c2C)cc1. The smallest absolute Gasteiger partial charge is 0.304 e. The zero-order valence-corrected chi connectivity index (χ0v) is 11.8. The number of carboxylic acid groups (broad SMARTS) is 1. The van der Waals surface area contributed by atoms with Gasteiger partial charge in [0.1, 0.15) is 11.6 Å². The van der Waals surface area contributed by atoms with Crippen molar-refractivity contribution in [1.29, 1.82) is 0 Å². The maximum atomic E-state index is 11.1. The fourth-order valence-electron chi connectivity index (χ4n) is 2.35. The molecule has 0 bridgehead atoms. The Morgan fingerprint density at radius 3 is 2.45 bits per heavy atom. The van der Waals surface area contributed by atoms with Crippen LogP contribution in [-0.2, 0) is 4.79 Å². The monoisotopic (exact) mass is 274 g/mol. The van der Waals surface area contributed by atoms with E-state index in [0.29, 0.717) is 0 Å². The summed E-state index contributed by atoms with van der Waals surface area (Å²) in [6.07, 6.45) is 0.0114. The highest BCUT2D eigenvalue weighted by atomic mass is 16.5. The summed E-state index contributed by atoms with van der Waals surface area (Å²) in [6, 6.07) is 7.43. The van der Waals surface area contributed by atoms with Crippen molar-refractivity contribution < 1.29 is 14.6 Å². The number of benzene rings is 1. The molecule has 2 aromatic rings. The molecule has 1 aromatic carbocycles. The van der Waals surface area contributed by atoms with Crippen LogP contribution in [0.3, 0.4) is 0 Å². The first kappa shape index (κ1) is 14.1. The summed E-state index contributed by atoms with van der Waals surface area (Å²) in [4.78, 5) is 18.7. The lowest BCUT2D eigenvalue weighted by Gasteiger charge is -2.14. The van der Waals surface area contributed by atoms with Crippen LogP contribution in [0.25, 0.3) is 0 Å².